The maximum absolute atomic E-state index is 12.6. The summed E-state index contributed by atoms with van der Waals surface area (Å²) >= 11 is 1.45. The maximum Gasteiger partial charge on any atom is 0.263 e. The van der Waals surface area contributed by atoms with Crippen LogP contribution in [0.25, 0.3) is 0 Å². The number of amides is 2. The highest BCUT2D eigenvalue weighted by molar-refractivity contribution is 7.91. The Morgan fingerprint density at radius 1 is 1.00 bits per heavy atom. The second-order valence-electron chi connectivity index (χ2n) is 8.07. The molecule has 1 aromatic heterocycles. The van der Waals surface area contributed by atoms with E-state index in [-0.39, 0.29) is 29.2 Å². The van der Waals surface area contributed by atoms with Gasteiger partial charge in [0.05, 0.1) is 16.4 Å². The highest BCUT2D eigenvalue weighted by Crippen LogP contribution is 2.22. The fraction of sp³-hybridized carbons (Fsp3) is 0.455. The highest BCUT2D eigenvalue weighted by Gasteiger charge is 2.28. The quantitative estimate of drug-likeness (QED) is 0.737. The third-order valence-electron chi connectivity index (χ3n) is 6.00. The number of likely N-dealkylation sites (tertiary alicyclic amines) is 1. The van der Waals surface area contributed by atoms with Gasteiger partial charge in [-0.05, 0) is 42.0 Å². The Kier molecular flexibility index (Phi) is 6.62. The van der Waals surface area contributed by atoms with E-state index >= 15 is 0 Å². The molecule has 9 heteroatoms. The zero-order valence-corrected chi connectivity index (χ0v) is 19.0. The Labute approximate surface area is 187 Å². The molecule has 2 aliphatic heterocycles. The average Bonchev–Trinajstić information content (AvgIpc) is 3.32. The van der Waals surface area contributed by atoms with Crippen molar-refractivity contribution in [2.75, 3.05) is 42.6 Å². The normalized spacial score (nSPS) is 19.2. The number of rotatable bonds is 5. The van der Waals surface area contributed by atoms with Crippen LogP contribution in [0.2, 0.25) is 0 Å². The molecule has 0 spiro atoms. The van der Waals surface area contributed by atoms with Gasteiger partial charge in [-0.15, -0.1) is 11.3 Å². The molecule has 0 bridgehead atoms. The molecule has 0 atom stereocenters. The Morgan fingerprint density at radius 3 is 2.29 bits per heavy atom. The minimum Gasteiger partial charge on any atom is -0.369 e. The lowest BCUT2D eigenvalue weighted by atomic mass is 9.95. The molecule has 0 aliphatic carbocycles. The Bertz CT molecular complexity index is 998. The molecule has 1 N–H and O–H groups in total. The molecule has 1 aromatic carbocycles. The van der Waals surface area contributed by atoms with Gasteiger partial charge in [0, 0.05) is 44.3 Å². The van der Waals surface area contributed by atoms with Crippen molar-refractivity contribution in [3.8, 4) is 0 Å². The van der Waals surface area contributed by atoms with E-state index in [9.17, 15) is 18.0 Å². The van der Waals surface area contributed by atoms with Gasteiger partial charge < -0.3 is 15.1 Å². The third kappa shape index (κ3) is 5.46. The molecule has 2 aliphatic rings. The molecule has 2 aromatic rings. The standard InChI is InChI=1S/C22H27N3O4S2/c26-21(18-7-9-25(10-8-18)22(27)20-2-1-13-30-20)23-16-17-3-5-19(6-4-17)24-11-14-31(28,29)15-12-24/h1-6,13,18H,7-12,14-16H2,(H,23,26). The van der Waals surface area contributed by atoms with Crippen LogP contribution >= 0.6 is 11.3 Å². The van der Waals surface area contributed by atoms with Gasteiger partial charge in [-0.3, -0.25) is 9.59 Å². The van der Waals surface area contributed by atoms with E-state index in [4.69, 9.17) is 0 Å². The smallest absolute Gasteiger partial charge is 0.263 e. The first-order chi connectivity index (χ1) is 14.9. The van der Waals surface area contributed by atoms with Crippen molar-refractivity contribution in [1.29, 1.82) is 0 Å². The van der Waals surface area contributed by atoms with Crippen molar-refractivity contribution < 1.29 is 18.0 Å². The number of benzene rings is 1. The Balaban J connectivity index is 1.22. The summed E-state index contributed by atoms with van der Waals surface area (Å²) in [5.41, 5.74) is 2.01. The van der Waals surface area contributed by atoms with Crippen molar-refractivity contribution in [3.05, 3.63) is 52.2 Å². The molecule has 2 fully saturated rings. The van der Waals surface area contributed by atoms with E-state index < -0.39 is 9.84 Å². The molecule has 166 valence electrons. The maximum atomic E-state index is 12.6. The van der Waals surface area contributed by atoms with Gasteiger partial charge in [0.2, 0.25) is 5.91 Å². The fourth-order valence-corrected chi connectivity index (χ4v) is 5.92. The van der Waals surface area contributed by atoms with E-state index in [0.717, 1.165) is 16.1 Å². The van der Waals surface area contributed by atoms with Crippen molar-refractivity contribution in [2.45, 2.75) is 19.4 Å². The predicted octanol–water partition coefficient (Wildman–Crippen LogP) is 2.15. The second-order valence-corrected chi connectivity index (χ2v) is 11.3. The first kappa shape index (κ1) is 21.8. The van der Waals surface area contributed by atoms with Crippen LogP contribution in [0.4, 0.5) is 5.69 Å². The first-order valence-electron chi connectivity index (χ1n) is 10.6. The zero-order valence-electron chi connectivity index (χ0n) is 17.3. The molecule has 3 heterocycles. The number of anilines is 1. The lowest BCUT2D eigenvalue weighted by molar-refractivity contribution is -0.126. The lowest BCUT2D eigenvalue weighted by Gasteiger charge is -2.31. The van der Waals surface area contributed by atoms with Crippen LogP contribution in [0.3, 0.4) is 0 Å². The fourth-order valence-electron chi connectivity index (χ4n) is 4.03. The Hall–Kier alpha value is -2.39. The van der Waals surface area contributed by atoms with E-state index in [1.165, 1.54) is 11.3 Å². The molecule has 31 heavy (non-hydrogen) atoms. The van der Waals surface area contributed by atoms with Crippen molar-refractivity contribution in [2.24, 2.45) is 5.92 Å². The van der Waals surface area contributed by atoms with E-state index in [1.54, 1.807) is 0 Å². The van der Waals surface area contributed by atoms with Gasteiger partial charge >= 0.3 is 0 Å². The van der Waals surface area contributed by atoms with Crippen LogP contribution < -0.4 is 10.2 Å². The van der Waals surface area contributed by atoms with E-state index in [1.807, 2.05) is 46.7 Å². The highest BCUT2D eigenvalue weighted by atomic mass is 32.2. The monoisotopic (exact) mass is 461 g/mol. The van der Waals surface area contributed by atoms with Crippen molar-refractivity contribution in [1.82, 2.24) is 10.2 Å². The second kappa shape index (κ2) is 9.40. The van der Waals surface area contributed by atoms with Crippen LogP contribution in [-0.4, -0.2) is 62.8 Å². The number of carbonyl (C=O) groups excluding carboxylic acids is 2. The van der Waals surface area contributed by atoms with Gasteiger partial charge in [-0.2, -0.15) is 0 Å². The van der Waals surface area contributed by atoms with Crippen LogP contribution in [0.1, 0.15) is 28.1 Å². The van der Waals surface area contributed by atoms with E-state index in [2.05, 4.69) is 10.2 Å². The molecule has 2 saturated heterocycles. The minimum absolute atomic E-state index is 0.0357. The van der Waals surface area contributed by atoms with Crippen LogP contribution in [0, 0.1) is 5.92 Å². The number of hydrogen-bond acceptors (Lipinski definition) is 6. The van der Waals surface area contributed by atoms with Crippen LogP contribution in [0.15, 0.2) is 41.8 Å². The summed E-state index contributed by atoms with van der Waals surface area (Å²) in [4.78, 5) is 29.7. The summed E-state index contributed by atoms with van der Waals surface area (Å²) < 4.78 is 23.2. The topological polar surface area (TPSA) is 86.8 Å². The molecule has 0 unspecified atom stereocenters. The number of thiophene rings is 1. The average molecular weight is 462 g/mol. The van der Waals surface area contributed by atoms with Crippen molar-refractivity contribution >= 4 is 38.7 Å². The third-order valence-corrected chi connectivity index (χ3v) is 8.46. The van der Waals surface area contributed by atoms with Crippen LogP contribution in [0.5, 0.6) is 0 Å². The largest absolute Gasteiger partial charge is 0.369 e. The lowest BCUT2D eigenvalue weighted by Crippen LogP contribution is -2.42. The summed E-state index contributed by atoms with van der Waals surface area (Å²) in [6, 6.07) is 11.6. The molecule has 2 amide bonds. The summed E-state index contributed by atoms with van der Waals surface area (Å²) in [6.45, 7) is 2.71. The number of sulfone groups is 1. The Morgan fingerprint density at radius 2 is 1.68 bits per heavy atom. The number of carbonyl (C=O) groups is 2. The number of nitrogens with one attached hydrogen (secondary N) is 1. The number of nitrogens with zero attached hydrogens (tertiary/aromatic N) is 2. The predicted molar refractivity (Wildman–Crippen MR) is 122 cm³/mol. The van der Waals surface area contributed by atoms with Gasteiger partial charge in [-0.25, -0.2) is 8.42 Å². The summed E-state index contributed by atoms with van der Waals surface area (Å²) in [5, 5.41) is 4.92. The minimum atomic E-state index is -2.89. The summed E-state index contributed by atoms with van der Waals surface area (Å²) in [6.07, 6.45) is 1.36. The van der Waals surface area contributed by atoms with Gasteiger partial charge in [0.1, 0.15) is 0 Å². The SMILES string of the molecule is O=C(NCc1ccc(N2CCS(=O)(=O)CC2)cc1)C1CCN(C(=O)c2cccs2)CC1. The van der Waals surface area contributed by atoms with Crippen LogP contribution in [-0.2, 0) is 21.2 Å². The van der Waals surface area contributed by atoms with E-state index in [0.29, 0.717) is 45.6 Å². The first-order valence-corrected chi connectivity index (χ1v) is 13.3. The molecule has 0 saturated carbocycles. The zero-order chi connectivity index (χ0) is 21.8. The molecule has 4 rings (SSSR count). The summed E-state index contributed by atoms with van der Waals surface area (Å²) in [5.74, 6) is 0.418. The van der Waals surface area contributed by atoms with Crippen molar-refractivity contribution in [3.63, 3.8) is 0 Å². The molecule has 7 nitrogen and oxygen atoms in total. The van der Waals surface area contributed by atoms with Gasteiger partial charge in [0.25, 0.3) is 5.91 Å². The summed E-state index contributed by atoms with van der Waals surface area (Å²) in [7, 11) is -2.89. The molecule has 0 radical (unpaired) electrons. The number of piperidine rings is 1. The molecular formula is C22H27N3O4S2. The van der Waals surface area contributed by atoms with Gasteiger partial charge in [0.15, 0.2) is 9.84 Å². The molecular weight excluding hydrogens is 434 g/mol. The van der Waals surface area contributed by atoms with Gasteiger partial charge in [-0.1, -0.05) is 18.2 Å². The number of hydrogen-bond donors (Lipinski definition) is 1.